The van der Waals surface area contributed by atoms with Crippen molar-refractivity contribution in [3.05, 3.63) is 45.5 Å². The molecule has 0 amide bonds. The minimum Gasteiger partial charge on any atom is -0.203 e. The van der Waals surface area contributed by atoms with E-state index >= 15 is 0 Å². The second kappa shape index (κ2) is 7.85. The molecule has 0 spiro atoms. The van der Waals surface area contributed by atoms with Crippen LogP contribution in [0.5, 0.6) is 0 Å². The third kappa shape index (κ3) is 3.38. The summed E-state index contributed by atoms with van der Waals surface area (Å²) in [5.74, 6) is -4.29. The Hall–Kier alpha value is -1.14. The molecule has 2 aromatic rings. The van der Waals surface area contributed by atoms with E-state index in [0.29, 0.717) is 22.3 Å². The first kappa shape index (κ1) is 21.2. The van der Waals surface area contributed by atoms with Crippen LogP contribution in [0, 0.1) is 51.0 Å². The fourth-order valence-corrected chi connectivity index (χ4v) is 4.73. The van der Waals surface area contributed by atoms with Crippen LogP contribution in [-0.2, 0) is 0 Å². The smallest absolute Gasteiger partial charge is 0.173 e. The van der Waals surface area contributed by atoms with Crippen LogP contribution in [0.4, 0.5) is 17.6 Å². The zero-order chi connectivity index (χ0) is 19.9. The van der Waals surface area contributed by atoms with Crippen molar-refractivity contribution in [3.8, 4) is 11.1 Å². The SMILES string of the molecule is CSc1c(C)c(C)c(-c2c(C)c(C)c(SC(C)C)c(F)c2F)c(F)c1F. The Morgan fingerprint density at radius 3 is 1.38 bits per heavy atom. The quantitative estimate of drug-likeness (QED) is 0.387. The molecule has 0 aliphatic carbocycles. The molecular formula is C20H22F4S2. The van der Waals surface area contributed by atoms with E-state index in [9.17, 15) is 17.6 Å². The van der Waals surface area contributed by atoms with Crippen LogP contribution in [0.1, 0.15) is 36.1 Å². The molecule has 26 heavy (non-hydrogen) atoms. The van der Waals surface area contributed by atoms with Crippen LogP contribution in [0.2, 0.25) is 0 Å². The van der Waals surface area contributed by atoms with Gasteiger partial charge in [0.15, 0.2) is 23.3 Å². The van der Waals surface area contributed by atoms with Crippen molar-refractivity contribution in [2.24, 2.45) is 0 Å². The first-order valence-corrected chi connectivity index (χ1v) is 10.3. The highest BCUT2D eigenvalue weighted by Gasteiger charge is 2.28. The van der Waals surface area contributed by atoms with Crippen LogP contribution in [0.15, 0.2) is 9.79 Å². The fraction of sp³-hybridized carbons (Fsp3) is 0.400. The Balaban J connectivity index is 2.91. The molecule has 2 rings (SSSR count). The van der Waals surface area contributed by atoms with Gasteiger partial charge in [-0.3, -0.25) is 0 Å². The molecule has 0 saturated heterocycles. The number of hydrogen-bond acceptors (Lipinski definition) is 2. The van der Waals surface area contributed by atoms with E-state index in [-0.39, 0.29) is 26.2 Å². The molecule has 0 heterocycles. The summed E-state index contributed by atoms with van der Waals surface area (Å²) in [7, 11) is 0. The van der Waals surface area contributed by atoms with Gasteiger partial charge in [0, 0.05) is 26.2 Å². The molecule has 0 saturated carbocycles. The van der Waals surface area contributed by atoms with Gasteiger partial charge < -0.3 is 0 Å². The van der Waals surface area contributed by atoms with Crippen LogP contribution in [0.3, 0.4) is 0 Å². The molecule has 0 nitrogen and oxygen atoms in total. The Morgan fingerprint density at radius 2 is 1.00 bits per heavy atom. The van der Waals surface area contributed by atoms with Gasteiger partial charge in [0.1, 0.15) is 0 Å². The van der Waals surface area contributed by atoms with Gasteiger partial charge in [0.05, 0.1) is 0 Å². The monoisotopic (exact) mass is 402 g/mol. The number of rotatable bonds is 4. The summed E-state index contributed by atoms with van der Waals surface area (Å²) in [6.07, 6.45) is 1.65. The van der Waals surface area contributed by atoms with Gasteiger partial charge >= 0.3 is 0 Å². The highest BCUT2D eigenvalue weighted by Crippen LogP contribution is 2.43. The topological polar surface area (TPSA) is 0 Å². The summed E-state index contributed by atoms with van der Waals surface area (Å²) in [5.41, 5.74) is 1.52. The molecule has 0 radical (unpaired) electrons. The summed E-state index contributed by atoms with van der Waals surface area (Å²) < 4.78 is 59.0. The van der Waals surface area contributed by atoms with Crippen molar-refractivity contribution in [1.82, 2.24) is 0 Å². The maximum atomic E-state index is 15.0. The molecular weight excluding hydrogens is 380 g/mol. The molecule has 2 aromatic carbocycles. The van der Waals surface area contributed by atoms with Crippen molar-refractivity contribution in [2.45, 2.75) is 56.6 Å². The molecule has 142 valence electrons. The van der Waals surface area contributed by atoms with Crippen molar-refractivity contribution < 1.29 is 17.6 Å². The lowest BCUT2D eigenvalue weighted by molar-refractivity contribution is 0.481. The fourth-order valence-electron chi connectivity index (χ4n) is 3.01. The van der Waals surface area contributed by atoms with Crippen molar-refractivity contribution in [2.75, 3.05) is 6.26 Å². The average molecular weight is 403 g/mol. The zero-order valence-corrected chi connectivity index (χ0v) is 17.5. The molecule has 0 aliphatic heterocycles. The number of halogens is 4. The van der Waals surface area contributed by atoms with Crippen molar-refractivity contribution in [3.63, 3.8) is 0 Å². The van der Waals surface area contributed by atoms with E-state index in [2.05, 4.69) is 0 Å². The maximum absolute atomic E-state index is 15.0. The number of hydrogen-bond donors (Lipinski definition) is 0. The summed E-state index contributed by atoms with van der Waals surface area (Å²) in [4.78, 5) is 0.403. The van der Waals surface area contributed by atoms with Gasteiger partial charge in [-0.15, -0.1) is 23.5 Å². The van der Waals surface area contributed by atoms with E-state index in [0.717, 1.165) is 11.8 Å². The Morgan fingerprint density at radius 1 is 0.615 bits per heavy atom. The Kier molecular flexibility index (Phi) is 6.39. The van der Waals surface area contributed by atoms with E-state index < -0.39 is 23.3 Å². The third-order valence-electron chi connectivity index (χ3n) is 4.59. The summed E-state index contributed by atoms with van der Waals surface area (Å²) in [6, 6.07) is 0. The standard InChI is InChI=1S/C20H22F4S2/c1-8(2)26-20-12(6)10(4)14(16(22)18(20)24)13-9(3)11(5)19(25-7)17(23)15(13)21/h8H,1-7H3. The van der Waals surface area contributed by atoms with Gasteiger partial charge in [0.25, 0.3) is 0 Å². The molecule has 0 atom stereocenters. The van der Waals surface area contributed by atoms with Gasteiger partial charge in [0.2, 0.25) is 0 Å². The first-order chi connectivity index (χ1) is 12.0. The highest BCUT2D eigenvalue weighted by atomic mass is 32.2. The second-order valence-electron chi connectivity index (χ2n) is 6.53. The molecule has 0 unspecified atom stereocenters. The van der Waals surface area contributed by atoms with Gasteiger partial charge in [-0.25, -0.2) is 17.6 Å². The summed E-state index contributed by atoms with van der Waals surface area (Å²) in [5, 5.41) is 0.0619. The van der Waals surface area contributed by atoms with Crippen LogP contribution in [0.25, 0.3) is 11.1 Å². The third-order valence-corrected chi connectivity index (χ3v) is 6.67. The first-order valence-electron chi connectivity index (χ1n) is 8.21. The van der Waals surface area contributed by atoms with Crippen LogP contribution < -0.4 is 0 Å². The van der Waals surface area contributed by atoms with Crippen LogP contribution >= 0.6 is 23.5 Å². The number of benzene rings is 2. The van der Waals surface area contributed by atoms with E-state index in [1.165, 1.54) is 11.8 Å². The molecule has 0 fully saturated rings. The minimum atomic E-state index is -1.14. The largest absolute Gasteiger partial charge is 0.203 e. The van der Waals surface area contributed by atoms with E-state index in [1.54, 1.807) is 34.0 Å². The molecule has 0 aliphatic rings. The molecule has 0 bridgehead atoms. The molecule has 0 N–H and O–H groups in total. The minimum absolute atomic E-state index is 0.0619. The lowest BCUT2D eigenvalue weighted by atomic mass is 9.90. The number of thioether (sulfide) groups is 2. The maximum Gasteiger partial charge on any atom is 0.173 e. The van der Waals surface area contributed by atoms with E-state index in [1.807, 2.05) is 13.8 Å². The lowest BCUT2D eigenvalue weighted by Crippen LogP contribution is -2.07. The lowest BCUT2D eigenvalue weighted by Gasteiger charge is -2.21. The molecule has 6 heteroatoms. The Bertz CT molecular complexity index is 815. The van der Waals surface area contributed by atoms with Gasteiger partial charge in [-0.2, -0.15) is 0 Å². The normalized spacial score (nSPS) is 11.5. The predicted molar refractivity (Wildman–Crippen MR) is 103 cm³/mol. The van der Waals surface area contributed by atoms with E-state index in [4.69, 9.17) is 0 Å². The predicted octanol–water partition coefficient (Wildman–Crippen LogP) is 7.37. The van der Waals surface area contributed by atoms with Gasteiger partial charge in [-0.1, -0.05) is 13.8 Å². The van der Waals surface area contributed by atoms with Crippen molar-refractivity contribution in [1.29, 1.82) is 0 Å². The highest BCUT2D eigenvalue weighted by molar-refractivity contribution is 8.00. The zero-order valence-electron chi connectivity index (χ0n) is 15.9. The second-order valence-corrected chi connectivity index (χ2v) is 8.94. The average Bonchev–Trinajstić information content (AvgIpc) is 2.58. The Labute approximate surface area is 160 Å². The van der Waals surface area contributed by atoms with Crippen LogP contribution in [-0.4, -0.2) is 11.5 Å². The van der Waals surface area contributed by atoms with Crippen molar-refractivity contribution >= 4 is 23.5 Å². The summed E-state index contributed by atoms with van der Waals surface area (Å²) in [6.45, 7) is 10.3. The van der Waals surface area contributed by atoms with Gasteiger partial charge in [-0.05, 0) is 56.2 Å². The summed E-state index contributed by atoms with van der Waals surface area (Å²) >= 11 is 2.31. The molecule has 0 aromatic heterocycles.